The molecule has 2 rings (SSSR count). The summed E-state index contributed by atoms with van der Waals surface area (Å²) < 4.78 is 0. The lowest BCUT2D eigenvalue weighted by molar-refractivity contribution is -0.131. The van der Waals surface area contributed by atoms with Gasteiger partial charge in [-0.25, -0.2) is 4.79 Å². The molecular weight excluding hydrogens is 276 g/mol. The van der Waals surface area contributed by atoms with Crippen molar-refractivity contribution in [1.29, 1.82) is 0 Å². The van der Waals surface area contributed by atoms with Crippen LogP contribution in [0.5, 0.6) is 5.75 Å². The van der Waals surface area contributed by atoms with E-state index in [0.717, 1.165) is 22.3 Å². The first-order chi connectivity index (χ1) is 10.5. The molecule has 0 saturated heterocycles. The first kappa shape index (κ1) is 15.8. The molecule has 0 radical (unpaired) electrons. The molecule has 2 aromatic carbocycles. The third-order valence-corrected chi connectivity index (χ3v) is 3.61. The van der Waals surface area contributed by atoms with Gasteiger partial charge in [0.25, 0.3) is 0 Å². The maximum Gasteiger partial charge on any atom is 0.328 e. The zero-order chi connectivity index (χ0) is 16.1. The average Bonchev–Trinajstić information content (AvgIpc) is 2.48. The van der Waals surface area contributed by atoms with Gasteiger partial charge >= 0.3 is 5.97 Å². The van der Waals surface area contributed by atoms with E-state index >= 15 is 0 Å². The van der Waals surface area contributed by atoms with E-state index in [4.69, 9.17) is 5.11 Å². The quantitative estimate of drug-likeness (QED) is 0.810. The molecule has 0 amide bonds. The van der Waals surface area contributed by atoms with Crippen LogP contribution >= 0.6 is 0 Å². The fourth-order valence-electron chi connectivity index (χ4n) is 2.29. The van der Waals surface area contributed by atoms with Crippen LogP contribution in [0.2, 0.25) is 0 Å². The third kappa shape index (κ3) is 4.22. The Bertz CT molecular complexity index is 665. The number of phenols is 1. The summed E-state index contributed by atoms with van der Waals surface area (Å²) in [5.41, 5.74) is 4.10. The van der Waals surface area contributed by atoms with Gasteiger partial charge in [-0.3, -0.25) is 0 Å². The molecule has 3 nitrogen and oxygen atoms in total. The van der Waals surface area contributed by atoms with Gasteiger partial charge in [0.05, 0.1) is 0 Å². The standard InChI is InChI=1S/C19H20O3/c1-13(2)17(12-19(21)22)11-14-3-5-15(6-4-14)16-7-9-18(20)10-8-16/h3-10,12-13,20H,11H2,1-2H3,(H,21,22)/b17-12-. The minimum absolute atomic E-state index is 0.202. The monoisotopic (exact) mass is 296 g/mol. The number of rotatable bonds is 5. The summed E-state index contributed by atoms with van der Waals surface area (Å²) in [4.78, 5) is 10.9. The Morgan fingerprint density at radius 2 is 1.50 bits per heavy atom. The number of hydrogen-bond acceptors (Lipinski definition) is 2. The fraction of sp³-hybridized carbons (Fsp3) is 0.211. The van der Waals surface area contributed by atoms with Crippen LogP contribution in [-0.2, 0) is 11.2 Å². The molecule has 2 N–H and O–H groups in total. The highest BCUT2D eigenvalue weighted by molar-refractivity contribution is 5.80. The van der Waals surface area contributed by atoms with Crippen molar-refractivity contribution in [3.8, 4) is 16.9 Å². The number of aromatic hydroxyl groups is 1. The van der Waals surface area contributed by atoms with Crippen molar-refractivity contribution < 1.29 is 15.0 Å². The topological polar surface area (TPSA) is 57.5 Å². The summed E-state index contributed by atoms with van der Waals surface area (Å²) in [6.45, 7) is 4.00. The number of carbonyl (C=O) groups is 1. The van der Waals surface area contributed by atoms with E-state index in [2.05, 4.69) is 0 Å². The van der Waals surface area contributed by atoms with Crippen LogP contribution in [0.25, 0.3) is 11.1 Å². The smallest absolute Gasteiger partial charge is 0.328 e. The Morgan fingerprint density at radius 1 is 1.00 bits per heavy atom. The van der Waals surface area contributed by atoms with Crippen LogP contribution in [0.4, 0.5) is 0 Å². The highest BCUT2D eigenvalue weighted by atomic mass is 16.4. The molecule has 114 valence electrons. The number of allylic oxidation sites excluding steroid dienone is 1. The second-order valence-electron chi connectivity index (χ2n) is 5.63. The molecule has 0 bridgehead atoms. The number of hydrogen-bond donors (Lipinski definition) is 2. The molecule has 0 aliphatic heterocycles. The molecular formula is C19H20O3. The second kappa shape index (κ2) is 6.94. The summed E-state index contributed by atoms with van der Waals surface area (Å²) in [6.07, 6.45) is 1.94. The van der Waals surface area contributed by atoms with Crippen molar-refractivity contribution in [2.24, 2.45) is 5.92 Å². The van der Waals surface area contributed by atoms with E-state index in [1.165, 1.54) is 6.08 Å². The van der Waals surface area contributed by atoms with Gasteiger partial charge in [-0.1, -0.05) is 55.8 Å². The Morgan fingerprint density at radius 3 is 1.95 bits per heavy atom. The number of benzene rings is 2. The van der Waals surface area contributed by atoms with Gasteiger partial charge in [0.2, 0.25) is 0 Å². The molecule has 3 heteroatoms. The van der Waals surface area contributed by atoms with Crippen LogP contribution in [0.1, 0.15) is 19.4 Å². The maximum atomic E-state index is 10.9. The van der Waals surface area contributed by atoms with Crippen molar-refractivity contribution in [3.63, 3.8) is 0 Å². The lowest BCUT2D eigenvalue weighted by Crippen LogP contribution is -2.02. The third-order valence-electron chi connectivity index (χ3n) is 3.61. The van der Waals surface area contributed by atoms with Gasteiger partial charge in [0, 0.05) is 6.08 Å². The van der Waals surface area contributed by atoms with E-state index < -0.39 is 5.97 Å². The van der Waals surface area contributed by atoms with Crippen molar-refractivity contribution >= 4 is 5.97 Å². The molecule has 0 saturated carbocycles. The van der Waals surface area contributed by atoms with E-state index in [0.29, 0.717) is 6.42 Å². The number of phenolic OH excluding ortho intramolecular Hbond substituents is 1. The van der Waals surface area contributed by atoms with Gasteiger partial charge in [-0.05, 0) is 41.2 Å². The molecule has 22 heavy (non-hydrogen) atoms. The summed E-state index contributed by atoms with van der Waals surface area (Å²) in [5, 5.41) is 18.2. The Hall–Kier alpha value is -2.55. The second-order valence-corrected chi connectivity index (χ2v) is 5.63. The van der Waals surface area contributed by atoms with Crippen molar-refractivity contribution in [2.75, 3.05) is 0 Å². The first-order valence-electron chi connectivity index (χ1n) is 7.27. The molecule has 0 unspecified atom stereocenters. The molecule has 0 fully saturated rings. The first-order valence-corrected chi connectivity index (χ1v) is 7.27. The van der Waals surface area contributed by atoms with Gasteiger partial charge in [0.1, 0.15) is 5.75 Å². The molecule has 0 aliphatic carbocycles. The number of carboxylic acids is 1. The number of aliphatic carboxylic acids is 1. The molecule has 0 atom stereocenters. The van der Waals surface area contributed by atoms with Crippen LogP contribution in [-0.4, -0.2) is 16.2 Å². The lowest BCUT2D eigenvalue weighted by atomic mass is 9.94. The van der Waals surface area contributed by atoms with E-state index in [-0.39, 0.29) is 11.7 Å². The lowest BCUT2D eigenvalue weighted by Gasteiger charge is -2.11. The normalized spacial score (nSPS) is 11.7. The Kier molecular flexibility index (Phi) is 4.99. The zero-order valence-corrected chi connectivity index (χ0v) is 12.8. The molecule has 0 aromatic heterocycles. The zero-order valence-electron chi connectivity index (χ0n) is 12.8. The van der Waals surface area contributed by atoms with Crippen LogP contribution in [0.15, 0.2) is 60.2 Å². The fourth-order valence-corrected chi connectivity index (χ4v) is 2.29. The Balaban J connectivity index is 2.18. The highest BCUT2D eigenvalue weighted by Crippen LogP contribution is 2.23. The molecule has 0 spiro atoms. The van der Waals surface area contributed by atoms with Gasteiger partial charge < -0.3 is 10.2 Å². The average molecular weight is 296 g/mol. The van der Waals surface area contributed by atoms with Gasteiger partial charge in [-0.15, -0.1) is 0 Å². The molecule has 0 aliphatic rings. The van der Waals surface area contributed by atoms with Crippen molar-refractivity contribution in [3.05, 3.63) is 65.7 Å². The number of carboxylic acid groups (broad SMARTS) is 1. The predicted octanol–water partition coefficient (Wildman–Crippen LogP) is 4.27. The molecule has 0 heterocycles. The maximum absolute atomic E-state index is 10.9. The van der Waals surface area contributed by atoms with Gasteiger partial charge in [0.15, 0.2) is 0 Å². The predicted molar refractivity (Wildman–Crippen MR) is 87.8 cm³/mol. The van der Waals surface area contributed by atoms with E-state index in [1.807, 2.05) is 50.2 Å². The van der Waals surface area contributed by atoms with Crippen LogP contribution in [0, 0.1) is 5.92 Å². The van der Waals surface area contributed by atoms with Crippen LogP contribution in [0.3, 0.4) is 0 Å². The minimum atomic E-state index is -0.899. The van der Waals surface area contributed by atoms with Crippen LogP contribution < -0.4 is 0 Å². The summed E-state index contributed by atoms with van der Waals surface area (Å²) >= 11 is 0. The van der Waals surface area contributed by atoms with Crippen molar-refractivity contribution in [2.45, 2.75) is 20.3 Å². The summed E-state index contributed by atoms with van der Waals surface area (Å²) in [5.74, 6) is -0.446. The van der Waals surface area contributed by atoms with Crippen molar-refractivity contribution in [1.82, 2.24) is 0 Å². The highest BCUT2D eigenvalue weighted by Gasteiger charge is 2.07. The SMILES string of the molecule is CC(C)/C(=C\C(=O)O)Cc1ccc(-c2ccc(O)cc2)cc1. The summed E-state index contributed by atoms with van der Waals surface area (Å²) in [7, 11) is 0. The largest absolute Gasteiger partial charge is 0.508 e. The van der Waals surface area contributed by atoms with E-state index in [9.17, 15) is 9.90 Å². The molecule has 2 aromatic rings. The summed E-state index contributed by atoms with van der Waals surface area (Å²) in [6, 6.07) is 15.1. The van der Waals surface area contributed by atoms with E-state index in [1.54, 1.807) is 12.1 Å². The van der Waals surface area contributed by atoms with Gasteiger partial charge in [-0.2, -0.15) is 0 Å². The minimum Gasteiger partial charge on any atom is -0.508 e. The Labute approximate surface area is 130 Å².